The van der Waals surface area contributed by atoms with E-state index in [1.165, 1.54) is 14.1 Å². The van der Waals surface area contributed by atoms with E-state index in [9.17, 15) is 14.4 Å². The van der Waals surface area contributed by atoms with Gasteiger partial charge in [0, 0.05) is 19.8 Å². The summed E-state index contributed by atoms with van der Waals surface area (Å²) in [5.74, 6) is -0.655. The van der Waals surface area contributed by atoms with Gasteiger partial charge in [0.15, 0.2) is 0 Å². The maximum atomic E-state index is 12.1. The predicted octanol–water partition coefficient (Wildman–Crippen LogP) is 0.990. The molecular weight excluding hydrogens is 282 g/mol. The van der Waals surface area contributed by atoms with Crippen LogP contribution in [0, 0.1) is 0 Å². The highest BCUT2D eigenvalue weighted by Crippen LogP contribution is 2.12. The molecule has 1 aromatic carbocycles. The second kappa shape index (κ2) is 5.34. The molecule has 6 nitrogen and oxygen atoms in total. The number of rotatable bonds is 2. The van der Waals surface area contributed by atoms with Crippen molar-refractivity contribution in [2.24, 2.45) is 14.1 Å². The number of benzene rings is 1. The number of nitrogens with one attached hydrogen (secondary N) is 1. The zero-order valence-electron chi connectivity index (χ0n) is 10.9. The monoisotopic (exact) mass is 293 g/mol. The molecule has 0 fully saturated rings. The van der Waals surface area contributed by atoms with E-state index in [2.05, 4.69) is 5.32 Å². The van der Waals surface area contributed by atoms with Gasteiger partial charge in [0.2, 0.25) is 0 Å². The van der Waals surface area contributed by atoms with Crippen molar-refractivity contribution < 1.29 is 4.79 Å². The van der Waals surface area contributed by atoms with Crippen molar-refractivity contribution in [2.75, 3.05) is 5.32 Å². The molecule has 20 heavy (non-hydrogen) atoms. The molecule has 1 aromatic heterocycles. The van der Waals surface area contributed by atoms with Gasteiger partial charge in [-0.1, -0.05) is 29.8 Å². The predicted molar refractivity (Wildman–Crippen MR) is 76.3 cm³/mol. The van der Waals surface area contributed by atoms with Crippen LogP contribution in [0.25, 0.3) is 0 Å². The smallest absolute Gasteiger partial charge is 0.322 e. The molecular formula is C13H12ClN3O3. The molecule has 104 valence electrons. The van der Waals surface area contributed by atoms with Gasteiger partial charge >= 0.3 is 5.69 Å². The molecule has 0 saturated heterocycles. The molecule has 1 heterocycles. The number of para-hydroxylation sites is 1. The molecule has 2 rings (SSSR count). The summed E-state index contributed by atoms with van der Waals surface area (Å²) in [4.78, 5) is 35.8. The number of anilines is 1. The molecule has 1 N–H and O–H groups in total. The maximum Gasteiger partial charge on any atom is 0.331 e. The lowest BCUT2D eigenvalue weighted by Gasteiger charge is -2.10. The average Bonchev–Trinajstić information content (AvgIpc) is 2.44. The molecule has 0 radical (unpaired) electrons. The summed E-state index contributed by atoms with van der Waals surface area (Å²) in [6, 6.07) is 8.65. The number of halogens is 1. The quantitative estimate of drug-likeness (QED) is 0.839. The summed E-state index contributed by atoms with van der Waals surface area (Å²) in [7, 11) is 2.68. The second-order valence-electron chi connectivity index (χ2n) is 4.19. The molecule has 0 saturated carbocycles. The van der Waals surface area contributed by atoms with E-state index in [-0.39, 0.29) is 10.7 Å². The van der Waals surface area contributed by atoms with E-state index in [0.717, 1.165) is 9.13 Å². The summed E-state index contributed by atoms with van der Waals surface area (Å²) in [5, 5.41) is 2.37. The van der Waals surface area contributed by atoms with Gasteiger partial charge in [-0.15, -0.1) is 0 Å². The SMILES string of the molecule is Cn1c(Cl)c(C(=O)Nc2ccccc2)c(=O)n(C)c1=O. The third-order valence-corrected chi connectivity index (χ3v) is 3.29. The Balaban J connectivity index is 2.51. The van der Waals surface area contributed by atoms with E-state index in [4.69, 9.17) is 11.6 Å². The second-order valence-corrected chi connectivity index (χ2v) is 4.55. The number of hydrogen-bond donors (Lipinski definition) is 1. The van der Waals surface area contributed by atoms with Crippen LogP contribution in [0.1, 0.15) is 10.4 Å². The van der Waals surface area contributed by atoms with E-state index in [1.807, 2.05) is 0 Å². The van der Waals surface area contributed by atoms with Gasteiger partial charge in [-0.3, -0.25) is 18.7 Å². The van der Waals surface area contributed by atoms with E-state index in [1.54, 1.807) is 30.3 Å². The van der Waals surface area contributed by atoms with Gasteiger partial charge in [-0.2, -0.15) is 0 Å². The minimum atomic E-state index is -0.730. The van der Waals surface area contributed by atoms with Gasteiger partial charge in [-0.05, 0) is 12.1 Å². The van der Waals surface area contributed by atoms with Crippen LogP contribution in [0.3, 0.4) is 0 Å². The van der Waals surface area contributed by atoms with Gasteiger partial charge in [0.1, 0.15) is 10.7 Å². The van der Waals surface area contributed by atoms with Crippen LogP contribution in [-0.2, 0) is 14.1 Å². The molecule has 0 aliphatic heterocycles. The van der Waals surface area contributed by atoms with Crippen molar-refractivity contribution in [2.45, 2.75) is 0 Å². The largest absolute Gasteiger partial charge is 0.331 e. The molecule has 2 aromatic rings. The van der Waals surface area contributed by atoms with Crippen molar-refractivity contribution in [1.29, 1.82) is 0 Å². The van der Waals surface area contributed by atoms with Crippen LogP contribution >= 0.6 is 11.6 Å². The zero-order valence-corrected chi connectivity index (χ0v) is 11.6. The first-order chi connectivity index (χ1) is 9.43. The number of nitrogens with zero attached hydrogens (tertiary/aromatic N) is 2. The molecule has 1 amide bonds. The first-order valence-electron chi connectivity index (χ1n) is 5.75. The zero-order chi connectivity index (χ0) is 14.9. The summed E-state index contributed by atoms with van der Waals surface area (Å²) in [5.41, 5.74) is -1.05. The van der Waals surface area contributed by atoms with Crippen molar-refractivity contribution >= 4 is 23.2 Å². The third kappa shape index (κ3) is 2.37. The Morgan fingerprint density at radius 1 is 1.10 bits per heavy atom. The first-order valence-corrected chi connectivity index (χ1v) is 6.13. The van der Waals surface area contributed by atoms with E-state index in [0.29, 0.717) is 5.69 Å². The highest BCUT2D eigenvalue weighted by Gasteiger charge is 2.20. The minimum Gasteiger partial charge on any atom is -0.322 e. The van der Waals surface area contributed by atoms with Crippen molar-refractivity contribution in [3.63, 3.8) is 0 Å². The standard InChI is InChI=1S/C13H12ClN3O3/c1-16-10(14)9(12(19)17(2)13(16)20)11(18)15-8-6-4-3-5-7-8/h3-7H,1-2H3,(H,15,18). The lowest BCUT2D eigenvalue weighted by Crippen LogP contribution is -2.41. The van der Waals surface area contributed by atoms with Crippen molar-refractivity contribution in [3.05, 3.63) is 61.9 Å². The molecule has 0 aliphatic rings. The Morgan fingerprint density at radius 2 is 1.70 bits per heavy atom. The Bertz CT molecular complexity index is 778. The van der Waals surface area contributed by atoms with Crippen molar-refractivity contribution in [1.82, 2.24) is 9.13 Å². The summed E-state index contributed by atoms with van der Waals surface area (Å²) < 4.78 is 1.88. The highest BCUT2D eigenvalue weighted by atomic mass is 35.5. The van der Waals surface area contributed by atoms with E-state index < -0.39 is 17.2 Å². The van der Waals surface area contributed by atoms with Crippen LogP contribution < -0.4 is 16.6 Å². The molecule has 7 heteroatoms. The first kappa shape index (κ1) is 14.1. The molecule has 0 unspecified atom stereocenters. The Hall–Kier alpha value is -2.34. The molecule has 0 atom stereocenters. The molecule has 0 bridgehead atoms. The Kier molecular flexibility index (Phi) is 3.76. The number of hydrogen-bond acceptors (Lipinski definition) is 3. The fourth-order valence-electron chi connectivity index (χ4n) is 1.73. The summed E-state index contributed by atoms with van der Waals surface area (Å²) in [6.45, 7) is 0. The van der Waals surface area contributed by atoms with Gasteiger partial charge in [0.25, 0.3) is 11.5 Å². The Labute approximate surface area is 119 Å². The lowest BCUT2D eigenvalue weighted by atomic mass is 10.2. The number of amides is 1. The van der Waals surface area contributed by atoms with Gasteiger partial charge < -0.3 is 5.32 Å². The lowest BCUT2D eigenvalue weighted by molar-refractivity contribution is 0.102. The van der Waals surface area contributed by atoms with Crippen LogP contribution in [0.2, 0.25) is 5.15 Å². The minimum absolute atomic E-state index is 0.188. The fourth-order valence-corrected chi connectivity index (χ4v) is 1.96. The van der Waals surface area contributed by atoms with Crippen molar-refractivity contribution in [3.8, 4) is 0 Å². The number of carbonyl (C=O) groups excluding carboxylic acids is 1. The summed E-state index contributed by atoms with van der Waals surface area (Å²) in [6.07, 6.45) is 0. The summed E-state index contributed by atoms with van der Waals surface area (Å²) >= 11 is 5.93. The van der Waals surface area contributed by atoms with Crippen LogP contribution in [0.5, 0.6) is 0 Å². The molecule has 0 aliphatic carbocycles. The third-order valence-electron chi connectivity index (χ3n) is 2.85. The molecule has 0 spiro atoms. The normalized spacial score (nSPS) is 10.3. The van der Waals surface area contributed by atoms with Gasteiger partial charge in [-0.25, -0.2) is 4.79 Å². The fraction of sp³-hybridized carbons (Fsp3) is 0.154. The van der Waals surface area contributed by atoms with Crippen LogP contribution in [-0.4, -0.2) is 15.0 Å². The van der Waals surface area contributed by atoms with Gasteiger partial charge in [0.05, 0.1) is 0 Å². The topological polar surface area (TPSA) is 73.1 Å². The number of aromatic nitrogens is 2. The maximum absolute atomic E-state index is 12.1. The number of carbonyl (C=O) groups is 1. The van der Waals surface area contributed by atoms with Crippen LogP contribution in [0.15, 0.2) is 39.9 Å². The average molecular weight is 294 g/mol. The van der Waals surface area contributed by atoms with E-state index >= 15 is 0 Å². The Morgan fingerprint density at radius 3 is 2.30 bits per heavy atom. The van der Waals surface area contributed by atoms with Crippen LogP contribution in [0.4, 0.5) is 5.69 Å². The highest BCUT2D eigenvalue weighted by molar-refractivity contribution is 6.33.